The number of imide groups is 1. The van der Waals surface area contributed by atoms with Crippen LogP contribution in [0.3, 0.4) is 0 Å². The lowest BCUT2D eigenvalue weighted by molar-refractivity contribution is -0.121. The third-order valence-electron chi connectivity index (χ3n) is 5.23. The van der Waals surface area contributed by atoms with Crippen molar-refractivity contribution < 1.29 is 14.4 Å². The molecule has 0 radical (unpaired) electrons. The molecule has 29 heavy (non-hydrogen) atoms. The van der Waals surface area contributed by atoms with Crippen LogP contribution in [0, 0.1) is 0 Å². The van der Waals surface area contributed by atoms with Gasteiger partial charge in [0, 0.05) is 28.8 Å². The largest absolute Gasteiger partial charge is 0.298 e. The van der Waals surface area contributed by atoms with Gasteiger partial charge in [0.25, 0.3) is 5.91 Å². The molecule has 0 atom stereocenters. The lowest BCUT2D eigenvalue weighted by atomic mass is 9.94. The number of thiazole rings is 1. The predicted molar refractivity (Wildman–Crippen MR) is 111 cm³/mol. The monoisotopic (exact) mass is 403 g/mol. The number of aryl methyl sites for hydroxylation is 2. The number of benzene rings is 2. The van der Waals surface area contributed by atoms with E-state index in [1.54, 1.807) is 24.3 Å². The fourth-order valence-corrected chi connectivity index (χ4v) is 4.79. The molecule has 0 bridgehead atoms. The molecule has 1 aliphatic carbocycles. The Hall–Kier alpha value is -3.32. The minimum Gasteiger partial charge on any atom is -0.298 e. The molecule has 1 aliphatic heterocycles. The first kappa shape index (κ1) is 17.8. The topological polar surface area (TPSA) is 79.4 Å². The Morgan fingerprint density at radius 1 is 0.966 bits per heavy atom. The van der Waals surface area contributed by atoms with Crippen molar-refractivity contribution in [3.05, 3.63) is 64.5 Å². The third kappa shape index (κ3) is 3.13. The summed E-state index contributed by atoms with van der Waals surface area (Å²) < 4.78 is 0. The molecule has 2 aromatic carbocycles. The molecule has 1 N–H and O–H groups in total. The molecule has 3 aromatic rings. The van der Waals surface area contributed by atoms with Gasteiger partial charge >= 0.3 is 0 Å². The summed E-state index contributed by atoms with van der Waals surface area (Å²) in [6.07, 6.45) is 2.30. The van der Waals surface area contributed by atoms with E-state index in [-0.39, 0.29) is 30.6 Å². The molecule has 1 aromatic heterocycles. The van der Waals surface area contributed by atoms with Gasteiger partial charge in [-0.15, -0.1) is 11.3 Å². The van der Waals surface area contributed by atoms with Crippen LogP contribution in [0.5, 0.6) is 0 Å². The molecule has 0 unspecified atom stereocenters. The summed E-state index contributed by atoms with van der Waals surface area (Å²) in [5, 5.41) is 3.42. The quantitative estimate of drug-likeness (QED) is 0.675. The molecule has 144 valence electrons. The minimum absolute atomic E-state index is 0.210. The number of rotatable bonds is 3. The summed E-state index contributed by atoms with van der Waals surface area (Å²) >= 11 is 1.49. The number of hydrogen-bond donors (Lipinski definition) is 1. The maximum atomic E-state index is 12.8. The number of carbonyl (C=O) groups excluding carboxylic acids is 3. The molecule has 1 saturated heterocycles. The number of fused-ring (bicyclic) bond motifs is 3. The van der Waals surface area contributed by atoms with Crippen LogP contribution in [0.25, 0.3) is 11.3 Å². The maximum Gasteiger partial charge on any atom is 0.257 e. The normalized spacial score (nSPS) is 15.2. The van der Waals surface area contributed by atoms with Crippen molar-refractivity contribution in [2.75, 3.05) is 10.2 Å². The Morgan fingerprint density at radius 2 is 1.76 bits per heavy atom. The molecule has 2 aliphatic rings. The van der Waals surface area contributed by atoms with Crippen LogP contribution in [0.15, 0.2) is 48.5 Å². The van der Waals surface area contributed by atoms with Crippen LogP contribution >= 0.6 is 11.3 Å². The van der Waals surface area contributed by atoms with Crippen LogP contribution in [0.1, 0.15) is 33.6 Å². The SMILES string of the molecule is O=C(Nc1nc2c(s1)CCc1ccccc1-2)c1cccc(N2C(=O)CCC2=O)c1. The van der Waals surface area contributed by atoms with Crippen molar-refractivity contribution >= 4 is 39.9 Å². The second-order valence-corrected chi connectivity index (χ2v) is 8.16. The van der Waals surface area contributed by atoms with Gasteiger partial charge < -0.3 is 0 Å². The average Bonchev–Trinajstić information content (AvgIpc) is 3.30. The van der Waals surface area contributed by atoms with Gasteiger partial charge in [-0.3, -0.25) is 24.6 Å². The van der Waals surface area contributed by atoms with E-state index in [1.807, 2.05) is 12.1 Å². The Kier molecular flexibility index (Phi) is 4.24. The van der Waals surface area contributed by atoms with E-state index < -0.39 is 0 Å². The van der Waals surface area contributed by atoms with Gasteiger partial charge in [0.15, 0.2) is 5.13 Å². The number of carbonyl (C=O) groups is 3. The van der Waals surface area contributed by atoms with E-state index in [0.717, 1.165) is 29.0 Å². The summed E-state index contributed by atoms with van der Waals surface area (Å²) in [5.41, 5.74) is 4.14. The highest BCUT2D eigenvalue weighted by Gasteiger charge is 2.30. The highest BCUT2D eigenvalue weighted by molar-refractivity contribution is 7.16. The number of hydrogen-bond acceptors (Lipinski definition) is 5. The number of aromatic nitrogens is 1. The Balaban J connectivity index is 1.40. The van der Waals surface area contributed by atoms with Crippen LogP contribution in [-0.2, 0) is 22.4 Å². The molecule has 6 nitrogen and oxygen atoms in total. The van der Waals surface area contributed by atoms with Crippen molar-refractivity contribution in [2.24, 2.45) is 0 Å². The van der Waals surface area contributed by atoms with E-state index in [4.69, 9.17) is 0 Å². The van der Waals surface area contributed by atoms with Gasteiger partial charge in [-0.05, 0) is 36.6 Å². The summed E-state index contributed by atoms with van der Waals surface area (Å²) in [5.74, 6) is -0.789. The molecule has 2 heterocycles. The summed E-state index contributed by atoms with van der Waals surface area (Å²) in [6.45, 7) is 0. The number of nitrogens with one attached hydrogen (secondary N) is 1. The first-order chi connectivity index (χ1) is 14.1. The van der Waals surface area contributed by atoms with Crippen molar-refractivity contribution in [3.8, 4) is 11.3 Å². The second kappa shape index (κ2) is 6.93. The zero-order chi connectivity index (χ0) is 20.0. The van der Waals surface area contributed by atoms with Crippen molar-refractivity contribution in [1.82, 2.24) is 4.98 Å². The van der Waals surface area contributed by atoms with Crippen molar-refractivity contribution in [1.29, 1.82) is 0 Å². The van der Waals surface area contributed by atoms with Crippen LogP contribution in [-0.4, -0.2) is 22.7 Å². The van der Waals surface area contributed by atoms with E-state index in [1.165, 1.54) is 21.8 Å². The smallest absolute Gasteiger partial charge is 0.257 e. The van der Waals surface area contributed by atoms with E-state index in [2.05, 4.69) is 22.4 Å². The second-order valence-electron chi connectivity index (χ2n) is 7.08. The lowest BCUT2D eigenvalue weighted by Crippen LogP contribution is -2.28. The van der Waals surface area contributed by atoms with Gasteiger partial charge in [-0.25, -0.2) is 4.98 Å². The summed E-state index contributed by atoms with van der Waals surface area (Å²) in [4.78, 5) is 43.7. The molecular weight excluding hydrogens is 386 g/mol. The third-order valence-corrected chi connectivity index (χ3v) is 6.26. The summed E-state index contributed by atoms with van der Waals surface area (Å²) in [6, 6.07) is 14.8. The van der Waals surface area contributed by atoms with Crippen LogP contribution in [0.2, 0.25) is 0 Å². The van der Waals surface area contributed by atoms with Gasteiger partial charge in [-0.2, -0.15) is 0 Å². The number of nitrogens with zero attached hydrogens (tertiary/aromatic N) is 2. The molecule has 5 rings (SSSR count). The fourth-order valence-electron chi connectivity index (χ4n) is 3.82. The zero-order valence-electron chi connectivity index (χ0n) is 15.5. The van der Waals surface area contributed by atoms with Gasteiger partial charge in [0.1, 0.15) is 0 Å². The lowest BCUT2D eigenvalue weighted by Gasteiger charge is -2.14. The van der Waals surface area contributed by atoms with E-state index in [0.29, 0.717) is 16.4 Å². The molecule has 0 saturated carbocycles. The predicted octanol–water partition coefficient (Wildman–Crippen LogP) is 3.81. The Morgan fingerprint density at radius 3 is 2.59 bits per heavy atom. The minimum atomic E-state index is -0.315. The van der Waals surface area contributed by atoms with Gasteiger partial charge in [0.2, 0.25) is 11.8 Å². The first-order valence-electron chi connectivity index (χ1n) is 9.45. The van der Waals surface area contributed by atoms with Crippen molar-refractivity contribution in [3.63, 3.8) is 0 Å². The zero-order valence-corrected chi connectivity index (χ0v) is 16.3. The molecule has 1 fully saturated rings. The standard InChI is InChI=1S/C22H17N3O3S/c26-18-10-11-19(27)25(18)15-6-3-5-14(12-15)21(28)24-22-23-20-16-7-2-1-4-13(16)8-9-17(20)29-22/h1-7,12H,8-11H2,(H,23,24,28). The molecular formula is C22H17N3O3S. The van der Waals surface area contributed by atoms with E-state index in [9.17, 15) is 14.4 Å². The van der Waals surface area contributed by atoms with Gasteiger partial charge in [0.05, 0.1) is 11.4 Å². The Labute approximate surface area is 171 Å². The highest BCUT2D eigenvalue weighted by Crippen LogP contribution is 2.38. The maximum absolute atomic E-state index is 12.8. The Bertz CT molecular complexity index is 1150. The van der Waals surface area contributed by atoms with E-state index >= 15 is 0 Å². The van der Waals surface area contributed by atoms with Crippen LogP contribution in [0.4, 0.5) is 10.8 Å². The molecule has 0 spiro atoms. The molecule has 3 amide bonds. The highest BCUT2D eigenvalue weighted by atomic mass is 32.1. The number of amides is 3. The average molecular weight is 403 g/mol. The first-order valence-corrected chi connectivity index (χ1v) is 10.3. The number of anilines is 2. The molecule has 7 heteroatoms. The van der Waals surface area contributed by atoms with Gasteiger partial charge in [-0.1, -0.05) is 30.3 Å². The van der Waals surface area contributed by atoms with Crippen LogP contribution < -0.4 is 10.2 Å². The fraction of sp³-hybridized carbons (Fsp3) is 0.182. The summed E-state index contributed by atoms with van der Waals surface area (Å²) in [7, 11) is 0. The van der Waals surface area contributed by atoms with Crippen molar-refractivity contribution in [2.45, 2.75) is 25.7 Å².